The van der Waals surface area contributed by atoms with Crippen molar-refractivity contribution in [2.75, 3.05) is 6.54 Å². The number of pyridine rings is 1. The summed E-state index contributed by atoms with van der Waals surface area (Å²) in [6.07, 6.45) is 4.49. The van der Waals surface area contributed by atoms with E-state index in [4.69, 9.17) is 4.74 Å². The van der Waals surface area contributed by atoms with E-state index in [0.29, 0.717) is 37.3 Å². The number of alkyl carbamates (subject to hydrolysis) is 1. The van der Waals surface area contributed by atoms with Gasteiger partial charge in [-0.1, -0.05) is 90.3 Å². The lowest BCUT2D eigenvalue weighted by Gasteiger charge is -2.29. The first-order chi connectivity index (χ1) is 22.0. The number of benzene rings is 1. The van der Waals surface area contributed by atoms with Gasteiger partial charge in [-0.3, -0.25) is 19.4 Å². The molecule has 5 atom stereocenters. The van der Waals surface area contributed by atoms with Crippen LogP contribution in [0.4, 0.5) is 4.79 Å². The number of aromatic nitrogens is 1. The predicted octanol–water partition coefficient (Wildman–Crippen LogP) is 4.04. The number of amides is 4. The number of unbranched alkanes of at least 4 members (excludes halogenated alkanes) is 1. The lowest BCUT2D eigenvalue weighted by molar-refractivity contribution is -0.131. The number of ether oxygens (including phenoxy) is 1. The number of hydrogen-bond donors (Lipinski definition) is 5. The van der Waals surface area contributed by atoms with Gasteiger partial charge in [-0.05, 0) is 41.9 Å². The second kappa shape index (κ2) is 20.9. The summed E-state index contributed by atoms with van der Waals surface area (Å²) in [5.74, 6) is -0.852. The topological polar surface area (TPSA) is 159 Å². The zero-order valence-corrected chi connectivity index (χ0v) is 28.0. The van der Waals surface area contributed by atoms with Crippen LogP contribution in [0.2, 0.25) is 0 Å². The molecule has 2 aromatic rings. The van der Waals surface area contributed by atoms with Crippen LogP contribution >= 0.6 is 0 Å². The molecule has 0 fully saturated rings. The Morgan fingerprint density at radius 2 is 1.59 bits per heavy atom. The quantitative estimate of drug-likeness (QED) is 0.146. The average Bonchev–Trinajstić information content (AvgIpc) is 3.04. The number of nitrogens with zero attached hydrogens (tertiary/aromatic N) is 1. The Morgan fingerprint density at radius 1 is 0.891 bits per heavy atom. The normalized spacial score (nSPS) is 14.3. The van der Waals surface area contributed by atoms with Crippen molar-refractivity contribution < 1.29 is 29.0 Å². The number of hydrogen-bond acceptors (Lipinski definition) is 7. The summed E-state index contributed by atoms with van der Waals surface area (Å²) in [5, 5.41) is 22.2. The van der Waals surface area contributed by atoms with E-state index in [9.17, 15) is 24.3 Å². The number of nitrogens with one attached hydrogen (secondary N) is 4. The Labute approximate surface area is 273 Å². The van der Waals surface area contributed by atoms with Gasteiger partial charge in [0.1, 0.15) is 18.7 Å². The van der Waals surface area contributed by atoms with Gasteiger partial charge in [0.05, 0.1) is 18.6 Å². The molecule has 3 unspecified atom stereocenters. The summed E-state index contributed by atoms with van der Waals surface area (Å²) in [5.41, 5.74) is 1.51. The van der Waals surface area contributed by atoms with Crippen LogP contribution in [0.3, 0.4) is 0 Å². The highest BCUT2D eigenvalue weighted by atomic mass is 16.5. The van der Waals surface area contributed by atoms with Crippen molar-refractivity contribution in [1.82, 2.24) is 26.3 Å². The minimum atomic E-state index is -1.11. The van der Waals surface area contributed by atoms with Crippen LogP contribution in [0.5, 0.6) is 0 Å². The van der Waals surface area contributed by atoms with Gasteiger partial charge in [-0.25, -0.2) is 4.79 Å². The lowest BCUT2D eigenvalue weighted by atomic mass is 9.96. The fourth-order valence-corrected chi connectivity index (χ4v) is 4.76. The molecule has 46 heavy (non-hydrogen) atoms. The van der Waals surface area contributed by atoms with Crippen molar-refractivity contribution in [2.45, 2.75) is 110 Å². The number of aliphatic hydroxyl groups is 1. The summed E-state index contributed by atoms with van der Waals surface area (Å²) in [6.45, 7) is 10.5. The second-order valence-electron chi connectivity index (χ2n) is 12.4. The summed E-state index contributed by atoms with van der Waals surface area (Å²) >= 11 is 0. The van der Waals surface area contributed by atoms with Crippen molar-refractivity contribution in [1.29, 1.82) is 0 Å². The molecular formula is C35H53N5O6. The summed E-state index contributed by atoms with van der Waals surface area (Å²) < 4.78 is 5.36. The molecule has 5 N–H and O–H groups in total. The van der Waals surface area contributed by atoms with Gasteiger partial charge in [0.15, 0.2) is 0 Å². The largest absolute Gasteiger partial charge is 0.445 e. The van der Waals surface area contributed by atoms with E-state index >= 15 is 0 Å². The van der Waals surface area contributed by atoms with Gasteiger partial charge in [0.25, 0.3) is 0 Å². The number of carbonyl (C=O) groups excluding carboxylic acids is 4. The highest BCUT2D eigenvalue weighted by Crippen LogP contribution is 2.13. The number of carbonyl (C=O) groups is 4. The molecule has 0 aliphatic rings. The number of aliphatic hydroxyl groups excluding tert-OH is 1. The Kier molecular flexibility index (Phi) is 17.4. The molecule has 1 heterocycles. The second-order valence-corrected chi connectivity index (χ2v) is 12.4. The summed E-state index contributed by atoms with van der Waals surface area (Å²) in [6, 6.07) is 10.1. The van der Waals surface area contributed by atoms with Crippen LogP contribution < -0.4 is 21.3 Å². The van der Waals surface area contributed by atoms with Crippen molar-refractivity contribution in [3.05, 3.63) is 66.0 Å². The standard InChI is InChI=1S/C35H53N5O6/c1-6-8-16-28(33(43)39-29(18-24(3)4)31(41)20-32(42)37-21-25(5)7-2)38-34(44)30(19-27-15-12-17-36-22-27)40-35(45)46-23-26-13-10-9-11-14-26/h9-15,17,22,24-25,28-31,41H,6-8,16,18-21,23H2,1-5H3,(H,37,42)(H,38,44)(H,39,43)(H,40,45)/t25?,28-,29?,30-,31?/m0/s1. The maximum Gasteiger partial charge on any atom is 0.408 e. The van der Waals surface area contributed by atoms with Gasteiger partial charge in [-0.15, -0.1) is 0 Å². The predicted molar refractivity (Wildman–Crippen MR) is 177 cm³/mol. The maximum atomic E-state index is 13.6. The minimum absolute atomic E-state index is 0.0324. The SMILES string of the molecule is CCCC[C@H](NC(=O)[C@H](Cc1cccnc1)NC(=O)OCc1ccccc1)C(=O)NC(CC(C)C)C(O)CC(=O)NCC(C)CC. The Hall–Kier alpha value is -3.99. The third kappa shape index (κ3) is 14.9. The fraction of sp³-hybridized carbons (Fsp3) is 0.571. The Bertz CT molecular complexity index is 1200. The van der Waals surface area contributed by atoms with Crippen LogP contribution in [0.15, 0.2) is 54.9 Å². The smallest absolute Gasteiger partial charge is 0.408 e. The molecule has 0 aliphatic heterocycles. The molecule has 1 aromatic heterocycles. The van der Waals surface area contributed by atoms with Crippen molar-refractivity contribution in [3.8, 4) is 0 Å². The van der Waals surface area contributed by atoms with Crippen molar-refractivity contribution in [2.24, 2.45) is 11.8 Å². The van der Waals surface area contributed by atoms with Crippen LogP contribution in [-0.4, -0.2) is 64.7 Å². The van der Waals surface area contributed by atoms with E-state index in [2.05, 4.69) is 26.3 Å². The molecule has 0 radical (unpaired) electrons. The zero-order chi connectivity index (χ0) is 33.9. The molecule has 254 valence electrons. The lowest BCUT2D eigenvalue weighted by Crippen LogP contribution is -2.57. The highest BCUT2D eigenvalue weighted by Gasteiger charge is 2.31. The van der Waals surface area contributed by atoms with Gasteiger partial charge in [0.2, 0.25) is 17.7 Å². The van der Waals surface area contributed by atoms with Gasteiger partial charge >= 0.3 is 6.09 Å². The highest BCUT2D eigenvalue weighted by molar-refractivity contribution is 5.91. The van der Waals surface area contributed by atoms with Crippen LogP contribution in [0.1, 0.15) is 84.3 Å². The number of rotatable bonds is 20. The van der Waals surface area contributed by atoms with Crippen molar-refractivity contribution >= 4 is 23.8 Å². The first-order valence-corrected chi connectivity index (χ1v) is 16.4. The third-order valence-electron chi connectivity index (χ3n) is 7.72. The Balaban J connectivity index is 2.15. The third-order valence-corrected chi connectivity index (χ3v) is 7.72. The molecule has 1 aromatic carbocycles. The van der Waals surface area contributed by atoms with Gasteiger partial charge in [-0.2, -0.15) is 0 Å². The first kappa shape index (κ1) is 38.2. The summed E-state index contributed by atoms with van der Waals surface area (Å²) in [4.78, 5) is 56.7. The van der Waals surface area contributed by atoms with E-state index in [1.807, 2.05) is 65.0 Å². The average molecular weight is 640 g/mol. The zero-order valence-electron chi connectivity index (χ0n) is 28.0. The molecule has 11 nitrogen and oxygen atoms in total. The molecule has 0 spiro atoms. The molecule has 0 saturated carbocycles. The van der Waals surface area contributed by atoms with E-state index < -0.39 is 42.1 Å². The van der Waals surface area contributed by atoms with Gasteiger partial charge in [0, 0.05) is 25.4 Å². The van der Waals surface area contributed by atoms with Gasteiger partial charge < -0.3 is 31.1 Å². The van der Waals surface area contributed by atoms with Crippen LogP contribution in [-0.2, 0) is 32.1 Å². The Morgan fingerprint density at radius 3 is 2.22 bits per heavy atom. The van der Waals surface area contributed by atoms with E-state index in [1.54, 1.807) is 24.5 Å². The van der Waals surface area contributed by atoms with Crippen LogP contribution in [0, 0.1) is 11.8 Å². The van der Waals surface area contributed by atoms with Crippen LogP contribution in [0.25, 0.3) is 0 Å². The molecule has 2 rings (SSSR count). The monoisotopic (exact) mass is 639 g/mol. The molecule has 0 saturated heterocycles. The first-order valence-electron chi connectivity index (χ1n) is 16.4. The molecule has 4 amide bonds. The molecule has 11 heteroatoms. The van der Waals surface area contributed by atoms with E-state index in [0.717, 1.165) is 18.4 Å². The molecule has 0 bridgehead atoms. The molecule has 0 aliphatic carbocycles. The van der Waals surface area contributed by atoms with E-state index in [1.165, 1.54) is 0 Å². The maximum absolute atomic E-state index is 13.6. The minimum Gasteiger partial charge on any atom is -0.445 e. The fourth-order valence-electron chi connectivity index (χ4n) is 4.76. The van der Waals surface area contributed by atoms with E-state index in [-0.39, 0.29) is 31.3 Å². The summed E-state index contributed by atoms with van der Waals surface area (Å²) in [7, 11) is 0. The van der Waals surface area contributed by atoms with Crippen molar-refractivity contribution in [3.63, 3.8) is 0 Å². The molecular weight excluding hydrogens is 586 g/mol.